The predicted octanol–water partition coefficient (Wildman–Crippen LogP) is 5.22. The van der Waals surface area contributed by atoms with E-state index in [9.17, 15) is 5.26 Å². The lowest BCUT2D eigenvalue weighted by atomic mass is 10.2. The highest BCUT2D eigenvalue weighted by atomic mass is 31.2. The van der Waals surface area contributed by atoms with Crippen LogP contribution in [0.4, 0.5) is 0 Å². The van der Waals surface area contributed by atoms with Crippen molar-refractivity contribution in [1.29, 1.82) is 5.26 Å². The van der Waals surface area contributed by atoms with Crippen LogP contribution in [0, 0.1) is 11.1 Å². The molecule has 0 aromatic rings. The zero-order valence-corrected chi connectivity index (χ0v) is 12.4. The number of hydrogen-bond acceptors (Lipinski definition) is 1. The summed E-state index contributed by atoms with van der Waals surface area (Å²) in [4.78, 5) is 0. The predicted molar refractivity (Wildman–Crippen MR) is 80.2 cm³/mol. The van der Waals surface area contributed by atoms with Crippen molar-refractivity contribution in [2.24, 2.45) is 0 Å². The van der Waals surface area contributed by atoms with E-state index in [2.05, 4.69) is 19.0 Å². The first-order valence-electron chi connectivity index (χ1n) is 7.36. The Labute approximate surface area is 108 Å². The Morgan fingerprint density at radius 1 is 1.12 bits per heavy atom. The van der Waals surface area contributed by atoms with E-state index in [1.165, 1.54) is 64.2 Å². The van der Waals surface area contributed by atoms with E-state index >= 15 is 0 Å². The summed E-state index contributed by atoms with van der Waals surface area (Å²) >= 11 is 0. The van der Waals surface area contributed by atoms with Gasteiger partial charge in [-0.2, -0.15) is 5.26 Å². The fourth-order valence-corrected chi connectivity index (χ4v) is 5.66. The molecule has 0 saturated heterocycles. The van der Waals surface area contributed by atoms with Crippen LogP contribution < -0.4 is 0 Å². The molecule has 0 N–H and O–H groups in total. The molecule has 1 aliphatic rings. The van der Waals surface area contributed by atoms with Crippen molar-refractivity contribution in [3.63, 3.8) is 0 Å². The first-order valence-corrected chi connectivity index (χ1v) is 9.59. The molecule has 1 nitrogen and oxygen atoms in total. The summed E-state index contributed by atoms with van der Waals surface area (Å²) in [6.45, 7) is 0.700. The van der Waals surface area contributed by atoms with Gasteiger partial charge in [0.1, 0.15) is 0 Å². The minimum absolute atomic E-state index is 0.664. The lowest BCUT2D eigenvalue weighted by molar-refractivity contribution is 0.688. The second-order valence-electron chi connectivity index (χ2n) is 5.56. The van der Waals surface area contributed by atoms with Crippen LogP contribution in [-0.2, 0) is 0 Å². The van der Waals surface area contributed by atoms with Crippen LogP contribution in [0.1, 0.15) is 71.1 Å². The van der Waals surface area contributed by atoms with Crippen LogP contribution in [0.2, 0.25) is 0 Å². The Morgan fingerprint density at radius 2 is 1.76 bits per heavy atom. The molecule has 0 amide bonds. The van der Waals surface area contributed by atoms with Gasteiger partial charge in [-0.1, -0.05) is 58.2 Å². The molecule has 1 rings (SSSR count). The van der Waals surface area contributed by atoms with Gasteiger partial charge >= 0.3 is 0 Å². The highest BCUT2D eigenvalue weighted by Crippen LogP contribution is 2.54. The zero-order valence-electron chi connectivity index (χ0n) is 11.5. The minimum Gasteiger partial charge on any atom is -0.194 e. The quantitative estimate of drug-likeness (QED) is 0.361. The van der Waals surface area contributed by atoms with Crippen LogP contribution in [0.25, 0.3) is 0 Å². The van der Waals surface area contributed by atoms with Crippen LogP contribution in [-0.4, -0.2) is 18.1 Å². The van der Waals surface area contributed by atoms with Crippen molar-refractivity contribution in [2.45, 2.75) is 76.8 Å². The number of nitrogens with zero attached hydrogens (tertiary/aromatic N) is 1. The number of nitriles is 1. The Bertz CT molecular complexity index is 282. The molecule has 0 spiro atoms. The van der Waals surface area contributed by atoms with E-state index < -0.39 is 6.89 Å². The molecule has 2 heteroatoms. The van der Waals surface area contributed by atoms with Gasteiger partial charge in [-0.3, -0.25) is 0 Å². The van der Waals surface area contributed by atoms with E-state index in [-0.39, 0.29) is 0 Å². The smallest absolute Gasteiger partial charge is 0.0858 e. The Kier molecular flexibility index (Phi) is 6.98. The van der Waals surface area contributed by atoms with Gasteiger partial charge < -0.3 is 0 Å². The third-order valence-corrected chi connectivity index (χ3v) is 7.56. The molecule has 1 fully saturated rings. The van der Waals surface area contributed by atoms with Crippen molar-refractivity contribution < 1.29 is 0 Å². The highest BCUT2D eigenvalue weighted by Gasteiger charge is 2.26. The van der Waals surface area contributed by atoms with Gasteiger partial charge in [0.2, 0.25) is 0 Å². The fourth-order valence-electron chi connectivity index (χ4n) is 2.89. The summed E-state index contributed by atoms with van der Waals surface area (Å²) < 4.78 is 0. The third kappa shape index (κ3) is 4.89. The van der Waals surface area contributed by atoms with Crippen molar-refractivity contribution in [3.8, 4) is 5.81 Å². The Hall–Kier alpha value is -0.210. The largest absolute Gasteiger partial charge is 0.194 e. The maximum absolute atomic E-state index is 9.52. The molecule has 0 bridgehead atoms. The van der Waals surface area contributed by atoms with E-state index in [0.29, 0.717) is 5.66 Å². The van der Waals surface area contributed by atoms with Crippen LogP contribution in [0.15, 0.2) is 0 Å². The second kappa shape index (κ2) is 7.99. The Morgan fingerprint density at radius 3 is 2.29 bits per heavy atom. The molecule has 98 valence electrons. The van der Waals surface area contributed by atoms with Gasteiger partial charge in [0.25, 0.3) is 0 Å². The van der Waals surface area contributed by atoms with Crippen molar-refractivity contribution in [2.75, 3.05) is 6.16 Å². The average molecular weight is 253 g/mol. The molecular weight excluding hydrogens is 225 g/mol. The topological polar surface area (TPSA) is 23.8 Å². The SMILES string of the molecule is C=P(C#N)(CCCCCC)C1CCCCCC1. The summed E-state index contributed by atoms with van der Waals surface area (Å²) in [7, 11) is 0. The normalized spacial score (nSPS) is 21.4. The molecule has 1 saturated carbocycles. The van der Waals surface area contributed by atoms with Crippen molar-refractivity contribution in [3.05, 3.63) is 0 Å². The molecule has 17 heavy (non-hydrogen) atoms. The maximum atomic E-state index is 9.52. The van der Waals surface area contributed by atoms with E-state index in [4.69, 9.17) is 0 Å². The van der Waals surface area contributed by atoms with Gasteiger partial charge in [0.15, 0.2) is 0 Å². The van der Waals surface area contributed by atoms with Gasteiger partial charge in [-0.15, -0.1) is 0 Å². The van der Waals surface area contributed by atoms with Gasteiger partial charge in [0.05, 0.1) is 5.81 Å². The minimum atomic E-state index is -1.54. The van der Waals surface area contributed by atoms with Crippen molar-refractivity contribution in [1.82, 2.24) is 0 Å². The molecular formula is C15H28NP. The van der Waals surface area contributed by atoms with Crippen molar-refractivity contribution >= 4 is 13.2 Å². The summed E-state index contributed by atoms with van der Waals surface area (Å²) in [6, 6.07) is 0. The summed E-state index contributed by atoms with van der Waals surface area (Å²) in [5.74, 6) is 2.65. The fraction of sp³-hybridized carbons (Fsp3) is 0.867. The molecule has 0 heterocycles. The van der Waals surface area contributed by atoms with E-state index in [1.54, 1.807) is 0 Å². The number of unbranched alkanes of at least 4 members (excludes halogenated alkanes) is 3. The summed E-state index contributed by atoms with van der Waals surface area (Å²) in [5.41, 5.74) is 0.664. The monoisotopic (exact) mass is 253 g/mol. The lowest BCUT2D eigenvalue weighted by Gasteiger charge is -2.26. The summed E-state index contributed by atoms with van der Waals surface area (Å²) in [5, 5.41) is 9.52. The van der Waals surface area contributed by atoms with Gasteiger partial charge in [-0.05, 0) is 38.0 Å². The van der Waals surface area contributed by atoms with Crippen LogP contribution >= 0.6 is 6.89 Å². The number of hydrogen-bond donors (Lipinski definition) is 0. The standard InChI is InChI=1S/C15H28NP/c1-3-4-5-10-13-17(2,14-16)15-11-8-6-7-9-12-15/h15H,2-13H2,1H3. The molecule has 0 aromatic heterocycles. The molecule has 1 atom stereocenters. The molecule has 0 aliphatic heterocycles. The zero-order chi connectivity index (χ0) is 12.6. The molecule has 0 radical (unpaired) electrons. The summed E-state index contributed by atoms with van der Waals surface area (Å²) in [6.07, 6.45) is 18.6. The molecule has 1 unspecified atom stereocenters. The first-order chi connectivity index (χ1) is 8.23. The van der Waals surface area contributed by atoms with Crippen LogP contribution in [0.5, 0.6) is 0 Å². The Balaban J connectivity index is 2.48. The first kappa shape index (κ1) is 14.8. The van der Waals surface area contributed by atoms with Gasteiger partial charge in [0, 0.05) is 0 Å². The maximum Gasteiger partial charge on any atom is 0.0858 e. The average Bonchev–Trinajstić information content (AvgIpc) is 2.63. The van der Waals surface area contributed by atoms with Gasteiger partial charge in [-0.25, -0.2) is 0 Å². The second-order valence-corrected chi connectivity index (χ2v) is 9.01. The van der Waals surface area contributed by atoms with E-state index in [1.807, 2.05) is 0 Å². The number of rotatable bonds is 6. The highest BCUT2D eigenvalue weighted by molar-refractivity contribution is 7.78. The van der Waals surface area contributed by atoms with Crippen LogP contribution in [0.3, 0.4) is 0 Å². The lowest BCUT2D eigenvalue weighted by Crippen LogP contribution is -2.09. The van der Waals surface area contributed by atoms with E-state index in [0.717, 1.165) is 6.16 Å². The third-order valence-electron chi connectivity index (χ3n) is 4.13. The molecule has 0 aromatic carbocycles. The molecule has 1 aliphatic carbocycles.